The normalized spacial score (nSPS) is 11.5. The summed E-state index contributed by atoms with van der Waals surface area (Å²) in [5.74, 6) is 1.67. The van der Waals surface area contributed by atoms with Crippen LogP contribution >= 0.6 is 11.6 Å². The van der Waals surface area contributed by atoms with Gasteiger partial charge in [0, 0.05) is 24.2 Å². The topological polar surface area (TPSA) is 30.7 Å². The van der Waals surface area contributed by atoms with Gasteiger partial charge in [-0.3, -0.25) is 4.98 Å². The van der Waals surface area contributed by atoms with Crippen molar-refractivity contribution in [1.82, 2.24) is 14.5 Å². The number of benzene rings is 1. The molecule has 0 fully saturated rings. The Hall–Kier alpha value is -1.61. The highest BCUT2D eigenvalue weighted by molar-refractivity contribution is 6.18. The van der Waals surface area contributed by atoms with Crippen LogP contribution in [-0.4, -0.2) is 20.4 Å². The van der Waals surface area contributed by atoms with Gasteiger partial charge in [-0.1, -0.05) is 31.5 Å². The van der Waals surface area contributed by atoms with Gasteiger partial charge in [-0.05, 0) is 12.5 Å². The predicted molar refractivity (Wildman–Crippen MR) is 84.4 cm³/mol. The molecule has 0 aliphatic heterocycles. The van der Waals surface area contributed by atoms with Gasteiger partial charge >= 0.3 is 0 Å². The lowest BCUT2D eigenvalue weighted by Crippen LogP contribution is -2.05. The van der Waals surface area contributed by atoms with Gasteiger partial charge in [0.05, 0.1) is 17.2 Å². The third kappa shape index (κ3) is 2.27. The van der Waals surface area contributed by atoms with Crippen molar-refractivity contribution >= 4 is 33.5 Å². The monoisotopic (exact) mass is 287 g/mol. The third-order valence-corrected chi connectivity index (χ3v) is 3.80. The molecule has 0 saturated carbocycles. The Kier molecular flexibility index (Phi) is 3.88. The molecule has 1 aromatic carbocycles. The molecule has 0 aliphatic rings. The Labute approximate surface area is 123 Å². The molecule has 20 heavy (non-hydrogen) atoms. The number of hydrogen-bond donors (Lipinski definition) is 0. The minimum Gasteiger partial charge on any atom is -0.327 e. The number of pyridine rings is 1. The lowest BCUT2D eigenvalue weighted by Gasteiger charge is -2.09. The first-order valence-electron chi connectivity index (χ1n) is 7.14. The number of imidazole rings is 1. The molecular formula is C16H18ClN3. The number of unbranched alkanes of at least 4 members (excludes halogenated alkanes) is 1. The van der Waals surface area contributed by atoms with Crippen molar-refractivity contribution in [3.05, 3.63) is 36.3 Å². The Balaban J connectivity index is 2.27. The molecule has 2 aromatic heterocycles. The van der Waals surface area contributed by atoms with Gasteiger partial charge in [0.25, 0.3) is 0 Å². The highest BCUT2D eigenvalue weighted by Crippen LogP contribution is 2.25. The van der Waals surface area contributed by atoms with Gasteiger partial charge in [-0.15, -0.1) is 11.6 Å². The molecule has 0 aliphatic carbocycles. The Morgan fingerprint density at radius 1 is 1.20 bits per heavy atom. The van der Waals surface area contributed by atoms with Crippen molar-refractivity contribution < 1.29 is 0 Å². The highest BCUT2D eigenvalue weighted by atomic mass is 35.5. The summed E-state index contributed by atoms with van der Waals surface area (Å²) in [6, 6.07) is 8.25. The van der Waals surface area contributed by atoms with E-state index in [2.05, 4.69) is 28.6 Å². The van der Waals surface area contributed by atoms with Crippen molar-refractivity contribution in [3.8, 4) is 0 Å². The standard InChI is InChI=1S/C16H18ClN3/c1-2-3-10-20-15(8-9-17)19-14-11-18-13-7-5-4-6-12(13)16(14)20/h4-7,11H,2-3,8-10H2,1H3. The molecule has 0 saturated heterocycles. The first-order chi connectivity index (χ1) is 9.85. The molecule has 3 nitrogen and oxygen atoms in total. The van der Waals surface area contributed by atoms with Gasteiger partial charge in [0.15, 0.2) is 0 Å². The number of alkyl halides is 1. The maximum Gasteiger partial charge on any atom is 0.111 e. The second kappa shape index (κ2) is 5.80. The molecule has 3 aromatic rings. The lowest BCUT2D eigenvalue weighted by atomic mass is 10.2. The molecular weight excluding hydrogens is 270 g/mol. The average Bonchev–Trinajstić information content (AvgIpc) is 2.83. The van der Waals surface area contributed by atoms with Crippen LogP contribution in [0.3, 0.4) is 0 Å². The van der Waals surface area contributed by atoms with Crippen LogP contribution in [0.1, 0.15) is 25.6 Å². The van der Waals surface area contributed by atoms with Crippen LogP contribution in [0.25, 0.3) is 21.9 Å². The Morgan fingerprint density at radius 2 is 2.05 bits per heavy atom. The van der Waals surface area contributed by atoms with Gasteiger partial charge in [0.2, 0.25) is 0 Å². The quantitative estimate of drug-likeness (QED) is 0.660. The van der Waals surface area contributed by atoms with Crippen molar-refractivity contribution in [2.45, 2.75) is 32.7 Å². The minimum atomic E-state index is 0.598. The van der Waals surface area contributed by atoms with Gasteiger partial charge in [-0.2, -0.15) is 0 Å². The Morgan fingerprint density at radius 3 is 2.85 bits per heavy atom. The molecule has 0 N–H and O–H groups in total. The predicted octanol–water partition coefficient (Wildman–Crippen LogP) is 4.17. The van der Waals surface area contributed by atoms with Gasteiger partial charge in [-0.25, -0.2) is 4.98 Å². The molecule has 104 valence electrons. The summed E-state index contributed by atoms with van der Waals surface area (Å²) in [7, 11) is 0. The summed E-state index contributed by atoms with van der Waals surface area (Å²) in [5.41, 5.74) is 3.19. The maximum atomic E-state index is 5.92. The largest absolute Gasteiger partial charge is 0.327 e. The fourth-order valence-electron chi connectivity index (χ4n) is 2.64. The van der Waals surface area contributed by atoms with E-state index in [-0.39, 0.29) is 0 Å². The minimum absolute atomic E-state index is 0.598. The summed E-state index contributed by atoms with van der Waals surface area (Å²) in [4.78, 5) is 9.22. The number of fused-ring (bicyclic) bond motifs is 3. The molecule has 0 amide bonds. The van der Waals surface area contributed by atoms with E-state index in [1.165, 1.54) is 17.3 Å². The highest BCUT2D eigenvalue weighted by Gasteiger charge is 2.13. The number of aryl methyl sites for hydroxylation is 2. The summed E-state index contributed by atoms with van der Waals surface area (Å²) < 4.78 is 2.32. The van der Waals surface area contributed by atoms with Crippen LogP contribution in [0.2, 0.25) is 0 Å². The third-order valence-electron chi connectivity index (χ3n) is 3.61. The number of aromatic nitrogens is 3. The van der Waals surface area contributed by atoms with E-state index in [9.17, 15) is 0 Å². The zero-order valence-electron chi connectivity index (χ0n) is 11.6. The molecule has 3 rings (SSSR count). The lowest BCUT2D eigenvalue weighted by molar-refractivity contribution is 0.621. The van der Waals surface area contributed by atoms with Crippen LogP contribution in [0.5, 0.6) is 0 Å². The second-order valence-corrected chi connectivity index (χ2v) is 5.36. The second-order valence-electron chi connectivity index (χ2n) is 4.98. The first-order valence-corrected chi connectivity index (χ1v) is 7.67. The average molecular weight is 288 g/mol. The SMILES string of the molecule is CCCCn1c(CCCl)nc2cnc3ccccc3c21. The van der Waals surface area contributed by atoms with Crippen molar-refractivity contribution in [2.75, 3.05) is 5.88 Å². The van der Waals surface area contributed by atoms with E-state index < -0.39 is 0 Å². The smallest absolute Gasteiger partial charge is 0.111 e. The molecule has 0 spiro atoms. The summed E-state index contributed by atoms with van der Waals surface area (Å²) in [6.45, 7) is 3.20. The molecule has 0 atom stereocenters. The van der Waals surface area contributed by atoms with Gasteiger partial charge < -0.3 is 4.57 Å². The van der Waals surface area contributed by atoms with E-state index in [1.54, 1.807) is 0 Å². The zero-order chi connectivity index (χ0) is 13.9. The number of hydrogen-bond acceptors (Lipinski definition) is 2. The molecule has 2 heterocycles. The summed E-state index contributed by atoms with van der Waals surface area (Å²) in [5, 5.41) is 1.18. The number of para-hydroxylation sites is 1. The number of rotatable bonds is 5. The molecule has 0 radical (unpaired) electrons. The number of halogens is 1. The van der Waals surface area contributed by atoms with Crippen LogP contribution in [0.15, 0.2) is 30.5 Å². The van der Waals surface area contributed by atoms with Crippen molar-refractivity contribution in [3.63, 3.8) is 0 Å². The fourth-order valence-corrected chi connectivity index (χ4v) is 2.81. The molecule has 0 unspecified atom stereocenters. The van der Waals surface area contributed by atoms with Crippen molar-refractivity contribution in [2.24, 2.45) is 0 Å². The van der Waals surface area contributed by atoms with Crippen LogP contribution in [0, 0.1) is 0 Å². The van der Waals surface area contributed by atoms with E-state index in [4.69, 9.17) is 16.6 Å². The molecule has 4 heteroatoms. The van der Waals surface area contributed by atoms with E-state index in [0.717, 1.165) is 36.2 Å². The van der Waals surface area contributed by atoms with E-state index >= 15 is 0 Å². The van der Waals surface area contributed by atoms with E-state index in [0.29, 0.717) is 5.88 Å². The fraction of sp³-hybridized carbons (Fsp3) is 0.375. The molecule has 0 bridgehead atoms. The summed E-state index contributed by atoms with van der Waals surface area (Å²) in [6.07, 6.45) is 4.99. The van der Waals surface area contributed by atoms with Gasteiger partial charge in [0.1, 0.15) is 11.3 Å². The summed E-state index contributed by atoms with van der Waals surface area (Å²) >= 11 is 5.92. The Bertz CT molecular complexity index is 733. The first kappa shape index (κ1) is 13.4. The number of nitrogens with zero attached hydrogens (tertiary/aromatic N) is 3. The van der Waals surface area contributed by atoms with Crippen LogP contribution in [0.4, 0.5) is 0 Å². The van der Waals surface area contributed by atoms with Crippen molar-refractivity contribution in [1.29, 1.82) is 0 Å². The maximum absolute atomic E-state index is 5.92. The zero-order valence-corrected chi connectivity index (χ0v) is 12.4. The van der Waals surface area contributed by atoms with E-state index in [1.807, 2.05) is 18.3 Å². The van der Waals surface area contributed by atoms with Crippen LogP contribution < -0.4 is 0 Å². The van der Waals surface area contributed by atoms with Crippen LogP contribution in [-0.2, 0) is 13.0 Å².